The molecule has 0 aromatic rings. The van der Waals surface area contributed by atoms with E-state index in [0.29, 0.717) is 0 Å². The van der Waals surface area contributed by atoms with E-state index in [9.17, 15) is 0 Å². The van der Waals surface area contributed by atoms with Crippen molar-refractivity contribution in [3.05, 3.63) is 12.2 Å². The summed E-state index contributed by atoms with van der Waals surface area (Å²) in [5, 5.41) is 0. The maximum absolute atomic E-state index is 4.00. The summed E-state index contributed by atoms with van der Waals surface area (Å²) in [5.74, 6) is 0. The van der Waals surface area contributed by atoms with E-state index in [-0.39, 0.29) is 0 Å². The maximum atomic E-state index is 4.00. The van der Waals surface area contributed by atoms with Gasteiger partial charge in [0, 0.05) is 12.8 Å². The minimum Gasteiger partial charge on any atom is -0.293 e. The predicted molar refractivity (Wildman–Crippen MR) is 38.5 cm³/mol. The Bertz CT molecular complexity index is 70.4. The molecule has 0 amide bonds. The van der Waals surface area contributed by atoms with Gasteiger partial charge in [0.15, 0.2) is 0 Å². The zero-order chi connectivity index (χ0) is 6.24. The number of hydrogen-bond acceptors (Lipinski definition) is 1. The van der Waals surface area contributed by atoms with Crippen LogP contribution in [0.25, 0.3) is 0 Å². The van der Waals surface area contributed by atoms with Crippen molar-refractivity contribution in [1.82, 2.24) is 0 Å². The normalized spacial score (nSPS) is 11.8. The fourth-order valence-corrected chi connectivity index (χ4v) is 0.363. The lowest BCUT2D eigenvalue weighted by molar-refractivity contribution is 1.14. The van der Waals surface area contributed by atoms with Gasteiger partial charge in [-0.15, -0.1) is 0 Å². The predicted octanol–water partition coefficient (Wildman–Crippen LogP) is 2.04. The van der Waals surface area contributed by atoms with Crippen molar-refractivity contribution >= 4 is 6.21 Å². The van der Waals surface area contributed by atoms with E-state index < -0.39 is 0 Å². The van der Waals surface area contributed by atoms with Gasteiger partial charge in [0.25, 0.3) is 0 Å². The Labute approximate surface area is 51.1 Å². The number of nitrogens with zero attached hydrogens (tertiary/aromatic N) is 1. The average Bonchev–Trinajstić information content (AvgIpc) is 1.81. The standard InChI is InChI=1S/C7H13N/c1-3-5-6-7-8-4-2/h5-7H,3-4H2,1-2H3/b6-5-,8-7-. The second-order valence-corrected chi connectivity index (χ2v) is 1.48. The van der Waals surface area contributed by atoms with Gasteiger partial charge in [-0.3, -0.25) is 4.99 Å². The molecule has 0 rings (SSSR count). The molecule has 0 fully saturated rings. The first-order chi connectivity index (χ1) is 3.91. The highest BCUT2D eigenvalue weighted by atomic mass is 14.7. The smallest absolute Gasteiger partial charge is 0.0360 e. The second-order valence-electron chi connectivity index (χ2n) is 1.48. The Hall–Kier alpha value is -0.590. The number of hydrogen-bond donors (Lipinski definition) is 0. The molecule has 1 heteroatoms. The summed E-state index contributed by atoms with van der Waals surface area (Å²) in [6, 6.07) is 0. The molecule has 0 radical (unpaired) electrons. The van der Waals surface area contributed by atoms with Crippen LogP contribution in [0, 0.1) is 0 Å². The SMILES string of the molecule is CC/C=C\C=N/CC. The molecular formula is C7H13N. The molecule has 0 bridgehead atoms. The van der Waals surface area contributed by atoms with Gasteiger partial charge in [0.1, 0.15) is 0 Å². The molecule has 0 N–H and O–H groups in total. The Morgan fingerprint density at radius 1 is 1.38 bits per heavy atom. The largest absolute Gasteiger partial charge is 0.293 e. The van der Waals surface area contributed by atoms with Crippen molar-refractivity contribution in [1.29, 1.82) is 0 Å². The van der Waals surface area contributed by atoms with Gasteiger partial charge in [-0.25, -0.2) is 0 Å². The summed E-state index contributed by atoms with van der Waals surface area (Å²) >= 11 is 0. The van der Waals surface area contributed by atoms with E-state index in [4.69, 9.17) is 0 Å². The van der Waals surface area contributed by atoms with E-state index in [1.807, 2.05) is 19.2 Å². The van der Waals surface area contributed by atoms with Crippen molar-refractivity contribution in [3.63, 3.8) is 0 Å². The highest BCUT2D eigenvalue weighted by Gasteiger charge is 1.61. The van der Waals surface area contributed by atoms with Crippen molar-refractivity contribution in [2.45, 2.75) is 20.3 Å². The Balaban J connectivity index is 3.13. The molecule has 0 spiro atoms. The van der Waals surface area contributed by atoms with Crippen LogP contribution < -0.4 is 0 Å². The molecule has 0 saturated heterocycles. The molecule has 0 saturated carbocycles. The highest BCUT2D eigenvalue weighted by molar-refractivity contribution is 5.70. The van der Waals surface area contributed by atoms with Crippen LogP contribution in [0.4, 0.5) is 0 Å². The first-order valence-electron chi connectivity index (χ1n) is 3.06. The van der Waals surface area contributed by atoms with Crippen LogP contribution in [0.15, 0.2) is 17.1 Å². The molecule has 0 aliphatic rings. The van der Waals surface area contributed by atoms with Gasteiger partial charge in [-0.2, -0.15) is 0 Å². The summed E-state index contributed by atoms with van der Waals surface area (Å²) in [5.41, 5.74) is 0. The summed E-state index contributed by atoms with van der Waals surface area (Å²) < 4.78 is 0. The molecule has 0 atom stereocenters. The van der Waals surface area contributed by atoms with Crippen molar-refractivity contribution in [2.75, 3.05) is 6.54 Å². The van der Waals surface area contributed by atoms with Crippen LogP contribution in [0.1, 0.15) is 20.3 Å². The fourth-order valence-electron chi connectivity index (χ4n) is 0.363. The Morgan fingerprint density at radius 2 is 2.12 bits per heavy atom. The van der Waals surface area contributed by atoms with Gasteiger partial charge in [-0.05, 0) is 19.4 Å². The third-order valence-corrected chi connectivity index (χ3v) is 0.746. The summed E-state index contributed by atoms with van der Waals surface area (Å²) in [6.07, 6.45) is 6.99. The molecule has 0 heterocycles. The van der Waals surface area contributed by atoms with Crippen molar-refractivity contribution in [3.8, 4) is 0 Å². The van der Waals surface area contributed by atoms with Gasteiger partial charge >= 0.3 is 0 Å². The van der Waals surface area contributed by atoms with E-state index in [2.05, 4.69) is 18.0 Å². The number of allylic oxidation sites excluding steroid dienone is 2. The minimum atomic E-state index is 0.883. The lowest BCUT2D eigenvalue weighted by atomic mass is 10.4. The van der Waals surface area contributed by atoms with Crippen LogP contribution >= 0.6 is 0 Å². The lowest BCUT2D eigenvalue weighted by Gasteiger charge is -1.75. The quantitative estimate of drug-likeness (QED) is 0.494. The highest BCUT2D eigenvalue weighted by Crippen LogP contribution is 1.75. The molecule has 0 aliphatic carbocycles. The zero-order valence-corrected chi connectivity index (χ0v) is 5.59. The molecule has 1 nitrogen and oxygen atoms in total. The first kappa shape index (κ1) is 7.41. The van der Waals surface area contributed by atoms with Crippen molar-refractivity contribution in [2.24, 2.45) is 4.99 Å². The van der Waals surface area contributed by atoms with E-state index >= 15 is 0 Å². The molecule has 0 unspecified atom stereocenters. The molecule has 0 aromatic carbocycles. The zero-order valence-electron chi connectivity index (χ0n) is 5.59. The number of aliphatic imine (C=N–C) groups is 1. The summed E-state index contributed by atoms with van der Waals surface area (Å²) in [7, 11) is 0. The molecule has 0 aromatic heterocycles. The van der Waals surface area contributed by atoms with Crippen LogP contribution in [-0.2, 0) is 0 Å². The van der Waals surface area contributed by atoms with Crippen molar-refractivity contribution < 1.29 is 0 Å². The molecule has 0 aliphatic heterocycles. The van der Waals surface area contributed by atoms with Crippen LogP contribution in [0.3, 0.4) is 0 Å². The monoisotopic (exact) mass is 111 g/mol. The van der Waals surface area contributed by atoms with E-state index in [0.717, 1.165) is 13.0 Å². The van der Waals surface area contributed by atoms with Gasteiger partial charge < -0.3 is 0 Å². The van der Waals surface area contributed by atoms with Gasteiger partial charge in [0.05, 0.1) is 0 Å². The molecule has 46 valence electrons. The third kappa shape index (κ3) is 5.41. The second kappa shape index (κ2) is 6.41. The fraction of sp³-hybridized carbons (Fsp3) is 0.571. The topological polar surface area (TPSA) is 12.4 Å². The Morgan fingerprint density at radius 3 is 2.62 bits per heavy atom. The minimum absolute atomic E-state index is 0.883. The summed E-state index contributed by atoms with van der Waals surface area (Å²) in [6.45, 7) is 5.01. The summed E-state index contributed by atoms with van der Waals surface area (Å²) in [4.78, 5) is 4.00. The molecular weight excluding hydrogens is 98.1 g/mol. The number of rotatable bonds is 3. The van der Waals surface area contributed by atoms with Crippen LogP contribution in [-0.4, -0.2) is 12.8 Å². The van der Waals surface area contributed by atoms with Crippen LogP contribution in [0.2, 0.25) is 0 Å². The third-order valence-electron chi connectivity index (χ3n) is 0.746. The molecule has 8 heavy (non-hydrogen) atoms. The van der Waals surface area contributed by atoms with E-state index in [1.54, 1.807) is 0 Å². The van der Waals surface area contributed by atoms with Crippen LogP contribution in [0.5, 0.6) is 0 Å². The van der Waals surface area contributed by atoms with Gasteiger partial charge in [0.2, 0.25) is 0 Å². The average molecular weight is 111 g/mol. The Kier molecular flexibility index (Phi) is 5.94. The maximum Gasteiger partial charge on any atom is 0.0360 e. The van der Waals surface area contributed by atoms with Gasteiger partial charge in [-0.1, -0.05) is 13.0 Å². The first-order valence-corrected chi connectivity index (χ1v) is 3.06. The van der Waals surface area contributed by atoms with E-state index in [1.165, 1.54) is 0 Å². The lowest BCUT2D eigenvalue weighted by Crippen LogP contribution is -1.67.